The molecule has 2 rings (SSSR count). The number of amidine groups is 1. The monoisotopic (exact) mass is 284 g/mol. The molecule has 0 aliphatic heterocycles. The summed E-state index contributed by atoms with van der Waals surface area (Å²) in [7, 11) is -3.50. The van der Waals surface area contributed by atoms with Crippen LogP contribution in [0, 0.1) is 5.41 Å². The van der Waals surface area contributed by atoms with Crippen molar-refractivity contribution in [3.63, 3.8) is 0 Å². The van der Waals surface area contributed by atoms with Crippen LogP contribution in [0.3, 0.4) is 0 Å². The molecule has 0 heterocycles. The number of anilines is 1. The summed E-state index contributed by atoms with van der Waals surface area (Å²) in [5.41, 5.74) is 5.61. The van der Waals surface area contributed by atoms with Gasteiger partial charge in [-0.15, -0.1) is 0 Å². The zero-order valence-corrected chi connectivity index (χ0v) is 11.0. The largest absolute Gasteiger partial charge is 0.486 e. The molecule has 1 aromatic carbocycles. The molecule has 1 fully saturated rings. The molecule has 1 saturated carbocycles. The van der Waals surface area contributed by atoms with Gasteiger partial charge in [0.1, 0.15) is 18.2 Å². The SMILES string of the molecule is N=C(N)COc1ccc(NS(=O)(=O)NC2CC2)cc1. The van der Waals surface area contributed by atoms with E-state index in [2.05, 4.69) is 9.44 Å². The van der Waals surface area contributed by atoms with Crippen LogP contribution in [0.5, 0.6) is 5.75 Å². The van der Waals surface area contributed by atoms with E-state index in [-0.39, 0.29) is 18.5 Å². The quantitative estimate of drug-likeness (QED) is 0.428. The molecule has 8 heteroatoms. The highest BCUT2D eigenvalue weighted by molar-refractivity contribution is 7.90. The number of nitrogens with two attached hydrogens (primary N) is 1. The third-order valence-electron chi connectivity index (χ3n) is 2.40. The molecule has 7 nitrogen and oxygen atoms in total. The van der Waals surface area contributed by atoms with Crippen LogP contribution in [0.2, 0.25) is 0 Å². The van der Waals surface area contributed by atoms with Gasteiger partial charge in [0.15, 0.2) is 0 Å². The summed E-state index contributed by atoms with van der Waals surface area (Å²) in [6.07, 6.45) is 1.78. The van der Waals surface area contributed by atoms with Crippen LogP contribution in [0.1, 0.15) is 12.8 Å². The molecule has 1 aliphatic carbocycles. The second-order valence-electron chi connectivity index (χ2n) is 4.34. The molecule has 0 radical (unpaired) electrons. The van der Waals surface area contributed by atoms with Gasteiger partial charge in [0.2, 0.25) is 0 Å². The van der Waals surface area contributed by atoms with E-state index >= 15 is 0 Å². The van der Waals surface area contributed by atoms with Gasteiger partial charge in [0.05, 0.1) is 5.69 Å². The van der Waals surface area contributed by atoms with Crippen LogP contribution in [0.4, 0.5) is 5.69 Å². The standard InChI is InChI=1S/C11H16N4O3S/c12-11(13)7-18-10-5-3-9(4-6-10)15-19(16,17)14-8-1-2-8/h3-6,8,14-15H,1-2,7H2,(H3,12,13). The van der Waals surface area contributed by atoms with Crippen molar-refractivity contribution in [3.8, 4) is 5.75 Å². The molecule has 19 heavy (non-hydrogen) atoms. The fourth-order valence-electron chi connectivity index (χ4n) is 1.39. The van der Waals surface area contributed by atoms with Gasteiger partial charge in [-0.05, 0) is 37.1 Å². The first-order valence-corrected chi connectivity index (χ1v) is 7.29. The predicted octanol–water partition coefficient (Wildman–Crippen LogP) is 0.410. The van der Waals surface area contributed by atoms with E-state index in [0.29, 0.717) is 11.4 Å². The molecule has 0 atom stereocenters. The lowest BCUT2D eigenvalue weighted by atomic mass is 10.3. The Morgan fingerprint density at radius 1 is 1.37 bits per heavy atom. The fourth-order valence-corrected chi connectivity index (χ4v) is 2.57. The van der Waals surface area contributed by atoms with Crippen LogP contribution in [-0.4, -0.2) is 26.9 Å². The van der Waals surface area contributed by atoms with Gasteiger partial charge in [0.25, 0.3) is 10.2 Å². The molecule has 104 valence electrons. The van der Waals surface area contributed by atoms with E-state index in [1.165, 1.54) is 0 Å². The highest BCUT2D eigenvalue weighted by atomic mass is 32.2. The number of hydrogen-bond acceptors (Lipinski definition) is 4. The Hall–Kier alpha value is -1.80. The van der Waals surface area contributed by atoms with E-state index in [9.17, 15) is 8.42 Å². The number of ether oxygens (including phenoxy) is 1. The average Bonchev–Trinajstić information content (AvgIpc) is 3.10. The van der Waals surface area contributed by atoms with Crippen molar-refractivity contribution >= 4 is 21.7 Å². The van der Waals surface area contributed by atoms with Gasteiger partial charge >= 0.3 is 0 Å². The zero-order chi connectivity index (χ0) is 13.9. The van der Waals surface area contributed by atoms with E-state index in [1.807, 2.05) is 0 Å². The zero-order valence-electron chi connectivity index (χ0n) is 10.2. The Balaban J connectivity index is 1.92. The third-order valence-corrected chi connectivity index (χ3v) is 3.55. The first kappa shape index (κ1) is 13.6. The van der Waals surface area contributed by atoms with Gasteiger partial charge in [-0.1, -0.05) is 0 Å². The minimum atomic E-state index is -3.50. The summed E-state index contributed by atoms with van der Waals surface area (Å²) in [5.74, 6) is 0.451. The first-order chi connectivity index (χ1) is 8.94. The molecule has 0 spiro atoms. The van der Waals surface area contributed by atoms with E-state index in [1.54, 1.807) is 24.3 Å². The summed E-state index contributed by atoms with van der Waals surface area (Å²) in [6.45, 7) is 0.00824. The van der Waals surface area contributed by atoms with Crippen LogP contribution in [-0.2, 0) is 10.2 Å². The van der Waals surface area contributed by atoms with Crippen molar-refractivity contribution in [3.05, 3.63) is 24.3 Å². The Morgan fingerprint density at radius 3 is 2.53 bits per heavy atom. The van der Waals surface area contributed by atoms with Crippen LogP contribution in [0.15, 0.2) is 24.3 Å². The molecule has 1 aliphatic rings. The van der Waals surface area contributed by atoms with E-state index in [4.69, 9.17) is 15.9 Å². The van der Waals surface area contributed by atoms with Crippen molar-refractivity contribution < 1.29 is 13.2 Å². The Bertz CT molecular complexity index is 552. The van der Waals surface area contributed by atoms with Gasteiger partial charge in [0, 0.05) is 6.04 Å². The lowest BCUT2D eigenvalue weighted by Crippen LogP contribution is -2.31. The van der Waals surface area contributed by atoms with Gasteiger partial charge < -0.3 is 10.5 Å². The molecular formula is C11H16N4O3S. The highest BCUT2D eigenvalue weighted by Gasteiger charge is 2.26. The van der Waals surface area contributed by atoms with Crippen molar-refractivity contribution in [2.24, 2.45) is 5.73 Å². The first-order valence-electron chi connectivity index (χ1n) is 5.80. The maximum Gasteiger partial charge on any atom is 0.299 e. The van der Waals surface area contributed by atoms with E-state index in [0.717, 1.165) is 12.8 Å². The van der Waals surface area contributed by atoms with Crippen molar-refractivity contribution in [1.29, 1.82) is 5.41 Å². The maximum atomic E-state index is 11.7. The van der Waals surface area contributed by atoms with E-state index < -0.39 is 10.2 Å². The summed E-state index contributed by atoms with van der Waals surface area (Å²) >= 11 is 0. The molecule has 0 saturated heterocycles. The van der Waals surface area contributed by atoms with Crippen LogP contribution < -0.4 is 19.9 Å². The number of nitrogens with one attached hydrogen (secondary N) is 3. The Morgan fingerprint density at radius 2 is 2.00 bits per heavy atom. The summed E-state index contributed by atoms with van der Waals surface area (Å²) in [5, 5.41) is 7.03. The van der Waals surface area contributed by atoms with Gasteiger partial charge in [-0.2, -0.15) is 13.1 Å². The Kier molecular flexibility index (Phi) is 3.91. The van der Waals surface area contributed by atoms with Crippen LogP contribution >= 0.6 is 0 Å². The smallest absolute Gasteiger partial charge is 0.299 e. The minimum Gasteiger partial charge on any atom is -0.486 e. The van der Waals surface area contributed by atoms with Gasteiger partial charge in [-0.25, -0.2) is 0 Å². The molecule has 0 bridgehead atoms. The number of hydrogen-bond donors (Lipinski definition) is 4. The second kappa shape index (κ2) is 5.45. The molecule has 1 aromatic rings. The minimum absolute atomic E-state index is 0.00824. The molecule has 0 amide bonds. The lowest BCUT2D eigenvalue weighted by Gasteiger charge is -2.09. The number of benzene rings is 1. The van der Waals surface area contributed by atoms with Crippen molar-refractivity contribution in [2.75, 3.05) is 11.3 Å². The predicted molar refractivity (Wildman–Crippen MR) is 72.6 cm³/mol. The van der Waals surface area contributed by atoms with Crippen LogP contribution in [0.25, 0.3) is 0 Å². The lowest BCUT2D eigenvalue weighted by molar-refractivity contribution is 0.374. The normalized spacial score (nSPS) is 14.9. The average molecular weight is 284 g/mol. The molecule has 0 unspecified atom stereocenters. The second-order valence-corrected chi connectivity index (χ2v) is 5.78. The maximum absolute atomic E-state index is 11.7. The summed E-state index contributed by atoms with van der Waals surface area (Å²) in [6, 6.07) is 6.45. The molecule has 0 aromatic heterocycles. The number of rotatable bonds is 7. The molecular weight excluding hydrogens is 268 g/mol. The highest BCUT2D eigenvalue weighted by Crippen LogP contribution is 2.21. The summed E-state index contributed by atoms with van der Waals surface area (Å²) in [4.78, 5) is 0. The van der Waals surface area contributed by atoms with Crippen molar-refractivity contribution in [1.82, 2.24) is 4.72 Å². The molecule has 5 N–H and O–H groups in total. The topological polar surface area (TPSA) is 117 Å². The van der Waals surface area contributed by atoms with Crippen molar-refractivity contribution in [2.45, 2.75) is 18.9 Å². The summed E-state index contributed by atoms with van der Waals surface area (Å²) < 4.78 is 33.4. The fraction of sp³-hybridized carbons (Fsp3) is 0.364. The third kappa shape index (κ3) is 4.76. The Labute approximate surface area is 111 Å². The van der Waals surface area contributed by atoms with Gasteiger partial charge in [-0.3, -0.25) is 10.1 Å².